The van der Waals surface area contributed by atoms with Crippen molar-refractivity contribution in [1.82, 2.24) is 9.78 Å². The summed E-state index contributed by atoms with van der Waals surface area (Å²) in [6, 6.07) is 3.98. The van der Waals surface area contributed by atoms with E-state index < -0.39 is 11.8 Å². The molecular formula is C13H11FN2O3. The largest absolute Gasteiger partial charge is 0.476 e. The highest BCUT2D eigenvalue weighted by Crippen LogP contribution is 2.26. The highest BCUT2D eigenvalue weighted by atomic mass is 19.1. The molecule has 0 aliphatic heterocycles. The van der Waals surface area contributed by atoms with Crippen LogP contribution in [0, 0.1) is 12.7 Å². The van der Waals surface area contributed by atoms with Gasteiger partial charge in [0.1, 0.15) is 5.82 Å². The van der Waals surface area contributed by atoms with Crippen LogP contribution in [0.5, 0.6) is 0 Å². The van der Waals surface area contributed by atoms with E-state index in [1.165, 1.54) is 16.8 Å². The molecule has 0 saturated carbocycles. The molecule has 0 saturated heterocycles. The number of hydrogen-bond acceptors (Lipinski definition) is 3. The van der Waals surface area contributed by atoms with E-state index in [1.54, 1.807) is 14.0 Å². The molecule has 0 radical (unpaired) electrons. The van der Waals surface area contributed by atoms with Gasteiger partial charge in [-0.25, -0.2) is 9.18 Å². The third-order valence-corrected chi connectivity index (χ3v) is 2.83. The molecule has 1 heterocycles. The SMILES string of the molecule is Cc1cc(-c2cc(C(=O)O)nn2C)c(C=O)cc1F. The minimum Gasteiger partial charge on any atom is -0.476 e. The molecule has 0 bridgehead atoms. The maximum atomic E-state index is 13.4. The molecule has 1 N–H and O–H groups in total. The summed E-state index contributed by atoms with van der Waals surface area (Å²) in [5.41, 5.74) is 1.30. The summed E-state index contributed by atoms with van der Waals surface area (Å²) in [4.78, 5) is 21.9. The predicted molar refractivity (Wildman–Crippen MR) is 65.7 cm³/mol. The van der Waals surface area contributed by atoms with Crippen LogP contribution in [0.2, 0.25) is 0 Å². The summed E-state index contributed by atoms with van der Waals surface area (Å²) < 4.78 is 14.8. The molecule has 98 valence electrons. The van der Waals surface area contributed by atoms with Crippen LogP contribution in [0.1, 0.15) is 26.4 Å². The molecule has 2 aromatic rings. The Balaban J connectivity index is 2.67. The number of hydrogen-bond donors (Lipinski definition) is 1. The Morgan fingerprint density at radius 1 is 1.42 bits per heavy atom. The second kappa shape index (κ2) is 4.64. The maximum Gasteiger partial charge on any atom is 0.356 e. The van der Waals surface area contributed by atoms with Gasteiger partial charge in [0, 0.05) is 18.2 Å². The molecule has 0 aliphatic carbocycles. The molecule has 1 aromatic heterocycles. The van der Waals surface area contributed by atoms with Gasteiger partial charge < -0.3 is 5.11 Å². The van der Waals surface area contributed by atoms with Gasteiger partial charge in [0.2, 0.25) is 0 Å². The van der Waals surface area contributed by atoms with E-state index in [2.05, 4.69) is 5.10 Å². The highest BCUT2D eigenvalue weighted by molar-refractivity contribution is 5.90. The monoisotopic (exact) mass is 262 g/mol. The number of halogens is 1. The van der Waals surface area contributed by atoms with Crippen molar-refractivity contribution in [1.29, 1.82) is 0 Å². The zero-order valence-electron chi connectivity index (χ0n) is 10.3. The number of aromatic nitrogens is 2. The minimum absolute atomic E-state index is 0.128. The summed E-state index contributed by atoms with van der Waals surface area (Å²) in [6.07, 6.45) is 0.533. The van der Waals surface area contributed by atoms with E-state index in [0.29, 0.717) is 23.1 Å². The van der Waals surface area contributed by atoms with E-state index in [0.717, 1.165) is 6.07 Å². The van der Waals surface area contributed by atoms with E-state index in [-0.39, 0.29) is 11.3 Å². The van der Waals surface area contributed by atoms with Crippen molar-refractivity contribution in [3.63, 3.8) is 0 Å². The van der Waals surface area contributed by atoms with E-state index in [1.807, 2.05) is 0 Å². The molecule has 5 nitrogen and oxygen atoms in total. The van der Waals surface area contributed by atoms with Crippen molar-refractivity contribution in [2.24, 2.45) is 7.05 Å². The summed E-state index contributed by atoms with van der Waals surface area (Å²) in [5.74, 6) is -1.64. The molecular weight excluding hydrogens is 251 g/mol. The molecule has 0 amide bonds. The lowest BCUT2D eigenvalue weighted by Gasteiger charge is -2.07. The number of carbonyl (C=O) groups excluding carboxylic acids is 1. The molecule has 2 rings (SSSR count). The van der Waals surface area contributed by atoms with Crippen molar-refractivity contribution in [2.45, 2.75) is 6.92 Å². The molecule has 0 atom stereocenters. The zero-order valence-corrected chi connectivity index (χ0v) is 10.3. The fourth-order valence-corrected chi connectivity index (χ4v) is 1.84. The van der Waals surface area contributed by atoms with Gasteiger partial charge in [-0.3, -0.25) is 9.48 Å². The van der Waals surface area contributed by atoms with Gasteiger partial charge in [-0.15, -0.1) is 0 Å². The van der Waals surface area contributed by atoms with Crippen LogP contribution in [-0.2, 0) is 7.05 Å². The van der Waals surface area contributed by atoms with Crippen LogP contribution in [-0.4, -0.2) is 27.1 Å². The Morgan fingerprint density at radius 2 is 2.11 bits per heavy atom. The smallest absolute Gasteiger partial charge is 0.356 e. The molecule has 0 unspecified atom stereocenters. The molecule has 19 heavy (non-hydrogen) atoms. The lowest BCUT2D eigenvalue weighted by molar-refractivity contribution is 0.0689. The normalized spacial score (nSPS) is 10.5. The fraction of sp³-hybridized carbons (Fsp3) is 0.154. The number of carboxylic acids is 1. The van der Waals surface area contributed by atoms with Gasteiger partial charge in [0.25, 0.3) is 0 Å². The van der Waals surface area contributed by atoms with Crippen molar-refractivity contribution in [3.8, 4) is 11.3 Å². The molecule has 0 aliphatic rings. The number of rotatable bonds is 3. The number of aldehydes is 1. The Hall–Kier alpha value is -2.50. The van der Waals surface area contributed by atoms with Gasteiger partial charge in [-0.1, -0.05) is 0 Å². The average molecular weight is 262 g/mol. The Labute approximate surface area is 108 Å². The van der Waals surface area contributed by atoms with Gasteiger partial charge in [0.15, 0.2) is 12.0 Å². The van der Waals surface area contributed by atoms with Crippen molar-refractivity contribution >= 4 is 12.3 Å². The van der Waals surface area contributed by atoms with E-state index in [9.17, 15) is 14.0 Å². The predicted octanol–water partition coefficient (Wildman–Crippen LogP) is 2.05. The standard InChI is InChI=1S/C13H11FN2O3/c1-7-3-9(8(6-17)4-10(7)14)12-5-11(13(18)19)15-16(12)2/h3-6H,1-2H3,(H,18,19). The van der Waals surface area contributed by atoms with Crippen LogP contribution in [0.25, 0.3) is 11.3 Å². The van der Waals surface area contributed by atoms with Crippen molar-refractivity contribution in [3.05, 3.63) is 40.8 Å². The fourth-order valence-electron chi connectivity index (χ4n) is 1.84. The summed E-state index contributed by atoms with van der Waals surface area (Å²) in [6.45, 7) is 1.57. The molecule has 6 heteroatoms. The van der Waals surface area contributed by atoms with Gasteiger partial charge in [-0.2, -0.15) is 5.10 Å². The first kappa shape index (κ1) is 12.9. The number of benzene rings is 1. The summed E-state index contributed by atoms with van der Waals surface area (Å²) in [5, 5.41) is 12.7. The maximum absolute atomic E-state index is 13.4. The first-order valence-electron chi connectivity index (χ1n) is 5.47. The lowest BCUT2D eigenvalue weighted by Crippen LogP contribution is -2.00. The minimum atomic E-state index is -1.16. The highest BCUT2D eigenvalue weighted by Gasteiger charge is 2.16. The van der Waals surface area contributed by atoms with Crippen LogP contribution >= 0.6 is 0 Å². The van der Waals surface area contributed by atoms with Gasteiger partial charge >= 0.3 is 5.97 Å². The van der Waals surface area contributed by atoms with E-state index in [4.69, 9.17) is 5.11 Å². The zero-order chi connectivity index (χ0) is 14.2. The quantitative estimate of drug-likeness (QED) is 0.859. The Kier molecular flexibility index (Phi) is 3.16. The van der Waals surface area contributed by atoms with Gasteiger partial charge in [0.05, 0.1) is 5.69 Å². The van der Waals surface area contributed by atoms with Crippen LogP contribution in [0.3, 0.4) is 0 Å². The lowest BCUT2D eigenvalue weighted by atomic mass is 10.0. The topological polar surface area (TPSA) is 72.2 Å². The third kappa shape index (κ3) is 2.24. The van der Waals surface area contributed by atoms with Crippen LogP contribution in [0.15, 0.2) is 18.2 Å². The van der Waals surface area contributed by atoms with E-state index >= 15 is 0 Å². The number of carbonyl (C=O) groups is 2. The third-order valence-electron chi connectivity index (χ3n) is 2.83. The first-order valence-corrected chi connectivity index (χ1v) is 5.47. The Morgan fingerprint density at radius 3 is 2.63 bits per heavy atom. The summed E-state index contributed by atoms with van der Waals surface area (Å²) in [7, 11) is 1.56. The number of carboxylic acid groups (broad SMARTS) is 1. The molecule has 0 spiro atoms. The van der Waals surface area contributed by atoms with Gasteiger partial charge in [-0.05, 0) is 30.7 Å². The molecule has 1 aromatic carbocycles. The summed E-state index contributed by atoms with van der Waals surface area (Å²) >= 11 is 0. The Bertz CT molecular complexity index is 677. The second-order valence-electron chi connectivity index (χ2n) is 4.15. The number of nitrogens with zero attached hydrogens (tertiary/aromatic N) is 2. The van der Waals surface area contributed by atoms with Crippen molar-refractivity contribution < 1.29 is 19.1 Å². The van der Waals surface area contributed by atoms with Crippen LogP contribution < -0.4 is 0 Å². The average Bonchev–Trinajstić information content (AvgIpc) is 2.74. The second-order valence-corrected chi connectivity index (χ2v) is 4.15. The first-order chi connectivity index (χ1) is 8.93. The number of aromatic carboxylic acids is 1. The van der Waals surface area contributed by atoms with Crippen molar-refractivity contribution in [2.75, 3.05) is 0 Å². The molecule has 0 fully saturated rings. The number of aryl methyl sites for hydroxylation is 2. The van der Waals surface area contributed by atoms with Crippen LogP contribution in [0.4, 0.5) is 4.39 Å².